The predicted octanol–water partition coefficient (Wildman–Crippen LogP) is 23.6. The largest absolute Gasteiger partial charge is 0.756 e. The van der Waals surface area contributed by atoms with Crippen molar-refractivity contribution in [3.63, 3.8) is 0 Å². The highest BCUT2D eigenvalue weighted by Gasteiger charge is 2.27. The topological polar surface area (TPSA) is 114 Å². The van der Waals surface area contributed by atoms with Crippen LogP contribution in [0.15, 0.2) is 97.2 Å². The van der Waals surface area contributed by atoms with E-state index in [4.69, 9.17) is 13.8 Å². The molecule has 0 aliphatic heterocycles. The fourth-order valence-electron chi connectivity index (χ4n) is 10.7. The molecule has 9 nitrogen and oxygen atoms in total. The number of hydrogen-bond donors (Lipinski definition) is 1. The van der Waals surface area contributed by atoms with Crippen LogP contribution in [-0.4, -0.2) is 69.4 Å². The molecule has 0 aromatic heterocycles. The van der Waals surface area contributed by atoms with Gasteiger partial charge in [-0.1, -0.05) is 311 Å². The Balaban J connectivity index is 5.07. The molecule has 0 aliphatic rings. The van der Waals surface area contributed by atoms with Crippen molar-refractivity contribution >= 4 is 19.7 Å². The Morgan fingerprint density at radius 2 is 0.685 bits per heavy atom. The van der Waals surface area contributed by atoms with Gasteiger partial charge in [-0.2, -0.15) is 0 Å². The molecule has 10 heteroatoms. The molecule has 1 amide bonds. The number of carbonyl (C=O) groups excluding carboxylic acids is 2. The maximum atomic E-state index is 13.6. The highest BCUT2D eigenvalue weighted by Crippen LogP contribution is 2.38. The summed E-state index contributed by atoms with van der Waals surface area (Å²) in [6.07, 6.45) is 92.4. The lowest BCUT2D eigenvalue weighted by atomic mass is 10.0. The van der Waals surface area contributed by atoms with E-state index in [9.17, 15) is 19.0 Å². The van der Waals surface area contributed by atoms with Gasteiger partial charge < -0.3 is 28.5 Å². The number of esters is 1. The van der Waals surface area contributed by atoms with E-state index in [-0.39, 0.29) is 24.9 Å². The van der Waals surface area contributed by atoms with E-state index in [2.05, 4.69) is 111 Å². The number of unbranched alkanes of at least 4 members (excludes halogenated alkanes) is 38. The summed E-state index contributed by atoms with van der Waals surface area (Å²) in [5.41, 5.74) is 0. The number of amides is 1. The minimum Gasteiger partial charge on any atom is -0.756 e. The molecule has 0 rings (SSSR count). The summed E-state index contributed by atoms with van der Waals surface area (Å²) in [7, 11) is 1.18. The molecule has 0 aliphatic carbocycles. The second-order valence-electron chi connectivity index (χ2n) is 26.4. The second-order valence-corrected chi connectivity index (χ2v) is 27.9. The van der Waals surface area contributed by atoms with Crippen molar-refractivity contribution in [2.75, 3.05) is 40.9 Å². The molecule has 0 radical (unpaired) electrons. The number of rotatable bonds is 68. The number of phosphoric ester groups is 1. The van der Waals surface area contributed by atoms with Gasteiger partial charge in [-0.25, -0.2) is 0 Å². The number of hydrogen-bond acceptors (Lipinski definition) is 7. The Labute approximate surface area is 551 Å². The predicted molar refractivity (Wildman–Crippen MR) is 385 cm³/mol. The van der Waals surface area contributed by atoms with E-state index >= 15 is 0 Å². The quantitative estimate of drug-likeness (QED) is 0.0212. The third-order valence-corrected chi connectivity index (χ3v) is 17.5. The zero-order valence-corrected chi connectivity index (χ0v) is 60.0. The van der Waals surface area contributed by atoms with Crippen molar-refractivity contribution in [2.45, 2.75) is 354 Å². The van der Waals surface area contributed by atoms with Gasteiger partial charge in [-0.15, -0.1) is 0 Å². The second kappa shape index (κ2) is 67.8. The summed E-state index contributed by atoms with van der Waals surface area (Å²) in [5.74, 6) is -0.543. The minimum atomic E-state index is -4.71. The van der Waals surface area contributed by atoms with Crippen molar-refractivity contribution in [3.8, 4) is 0 Å². The number of quaternary nitrogens is 1. The van der Waals surface area contributed by atoms with Gasteiger partial charge in [-0.05, 0) is 115 Å². The molecule has 0 aromatic rings. The zero-order chi connectivity index (χ0) is 64.9. The van der Waals surface area contributed by atoms with Crippen LogP contribution in [0.5, 0.6) is 0 Å². The molecule has 0 spiro atoms. The summed E-state index contributed by atoms with van der Waals surface area (Å²) >= 11 is 0. The molecule has 516 valence electrons. The molecule has 3 atom stereocenters. The van der Waals surface area contributed by atoms with Gasteiger partial charge in [-0.3, -0.25) is 14.2 Å². The van der Waals surface area contributed by atoms with Crippen molar-refractivity contribution in [2.24, 2.45) is 0 Å². The van der Waals surface area contributed by atoms with E-state index in [1.165, 1.54) is 205 Å². The van der Waals surface area contributed by atoms with Crippen molar-refractivity contribution in [3.05, 3.63) is 97.2 Å². The zero-order valence-electron chi connectivity index (χ0n) is 59.1. The number of ether oxygens (including phenoxy) is 1. The third-order valence-electron chi connectivity index (χ3n) is 16.5. The molecule has 0 fully saturated rings. The van der Waals surface area contributed by atoms with Gasteiger partial charge in [0.2, 0.25) is 5.91 Å². The number of carbonyl (C=O) groups is 2. The van der Waals surface area contributed by atoms with Crippen LogP contribution in [0.1, 0.15) is 342 Å². The van der Waals surface area contributed by atoms with Gasteiger partial charge in [0.05, 0.1) is 33.8 Å². The van der Waals surface area contributed by atoms with Gasteiger partial charge in [0.15, 0.2) is 0 Å². The molecule has 0 saturated carbocycles. The first-order chi connectivity index (χ1) is 43.4. The number of phosphoric acid groups is 1. The summed E-state index contributed by atoms with van der Waals surface area (Å²) in [6, 6.07) is -0.898. The van der Waals surface area contributed by atoms with E-state index in [1.807, 2.05) is 33.3 Å². The standard InChI is InChI=1S/C79H143N2O7P/c1-7-10-13-16-19-22-25-28-30-32-34-36-38-40-42-44-46-48-50-53-56-59-62-65-68-71-78(82)80-76(75-87-89(84,85)86-74-73-81(4,5)6)77(70-67-64-61-58-55-52-27-24-21-18-15-12-9-3)88-79(83)72-69-66-63-60-57-54-51-49-47-45-43-41-39-37-35-33-31-29-26-23-20-17-14-11-8-2/h19-20,22-23,28-31,34-37,41,43,67,70,76-77H,7-18,21,24-27,32-33,38-40,42,44-66,68-69,71-75H2,1-6H3,(H-,80,82,84,85)/b22-19-,23-20-,30-28-,31-29-,36-34-,37-35-,43-41-,70-67+. The Bertz CT molecular complexity index is 1840. The van der Waals surface area contributed by atoms with E-state index < -0.39 is 26.6 Å². The summed E-state index contributed by atoms with van der Waals surface area (Å²) in [5, 5.41) is 3.05. The molecular formula is C79H143N2O7P. The van der Waals surface area contributed by atoms with E-state index in [0.717, 1.165) is 103 Å². The molecule has 89 heavy (non-hydrogen) atoms. The third kappa shape index (κ3) is 69.1. The Morgan fingerprint density at radius 3 is 1.04 bits per heavy atom. The molecular weight excluding hydrogens is 1120 g/mol. The van der Waals surface area contributed by atoms with E-state index in [0.29, 0.717) is 17.4 Å². The number of allylic oxidation sites excluding steroid dienone is 15. The van der Waals surface area contributed by atoms with Crippen molar-refractivity contribution < 1.29 is 37.3 Å². The van der Waals surface area contributed by atoms with Crippen LogP contribution in [0, 0.1) is 0 Å². The normalized spacial score (nSPS) is 14.0. The Kier molecular flexibility index (Phi) is 65.5. The van der Waals surface area contributed by atoms with Gasteiger partial charge >= 0.3 is 5.97 Å². The molecule has 0 saturated heterocycles. The highest BCUT2D eigenvalue weighted by molar-refractivity contribution is 7.45. The first-order valence-corrected chi connectivity index (χ1v) is 39.0. The van der Waals surface area contributed by atoms with Crippen molar-refractivity contribution in [1.29, 1.82) is 0 Å². The fraction of sp³-hybridized carbons (Fsp3) is 0.772. The average Bonchev–Trinajstić information content (AvgIpc) is 3.54. The summed E-state index contributed by atoms with van der Waals surface area (Å²) in [6.45, 7) is 6.82. The van der Waals surface area contributed by atoms with E-state index in [1.54, 1.807) is 0 Å². The number of likely N-dealkylation sites (N-methyl/N-ethyl adjacent to an activating group) is 1. The average molecular weight is 1260 g/mol. The van der Waals surface area contributed by atoms with Crippen LogP contribution in [0.3, 0.4) is 0 Å². The number of nitrogens with zero attached hydrogens (tertiary/aromatic N) is 1. The first-order valence-electron chi connectivity index (χ1n) is 37.5. The maximum Gasteiger partial charge on any atom is 0.306 e. The lowest BCUT2D eigenvalue weighted by molar-refractivity contribution is -0.870. The Hall–Kier alpha value is -3.07. The molecule has 0 bridgehead atoms. The minimum absolute atomic E-state index is 0.0267. The van der Waals surface area contributed by atoms with Crippen molar-refractivity contribution in [1.82, 2.24) is 5.32 Å². The lowest BCUT2D eigenvalue weighted by Crippen LogP contribution is -2.47. The highest BCUT2D eigenvalue weighted by atomic mass is 31.2. The van der Waals surface area contributed by atoms with Crippen LogP contribution in [0.4, 0.5) is 0 Å². The SMILES string of the molecule is CCCCC/C=C\C/C=C\C/C=C\C/C=C\CCCCCCCCCCCC(=O)OC(/C=C/CCCCCCCCCCCCC)C(COP(=O)([O-])OCC[N+](C)(C)C)NC(=O)CCCCCCCCCCCCCC/C=C\C/C=C\C/C=C\CCCCC. The smallest absolute Gasteiger partial charge is 0.306 e. The molecule has 0 heterocycles. The van der Waals surface area contributed by atoms with Crippen LogP contribution < -0.4 is 10.2 Å². The Morgan fingerprint density at radius 1 is 0.393 bits per heavy atom. The monoisotopic (exact) mass is 1260 g/mol. The maximum absolute atomic E-state index is 13.6. The molecule has 1 N–H and O–H groups in total. The van der Waals surface area contributed by atoms with Crippen LogP contribution in [0.2, 0.25) is 0 Å². The van der Waals surface area contributed by atoms with Crippen LogP contribution in [-0.2, 0) is 27.9 Å². The molecule has 0 aromatic carbocycles. The summed E-state index contributed by atoms with van der Waals surface area (Å²) < 4.78 is 30.5. The van der Waals surface area contributed by atoms with Gasteiger partial charge in [0, 0.05) is 12.8 Å². The van der Waals surface area contributed by atoms with Gasteiger partial charge in [0.1, 0.15) is 19.3 Å². The van der Waals surface area contributed by atoms with Gasteiger partial charge in [0.25, 0.3) is 7.82 Å². The number of nitrogens with one attached hydrogen (secondary N) is 1. The molecule has 3 unspecified atom stereocenters. The fourth-order valence-corrected chi connectivity index (χ4v) is 11.4. The summed E-state index contributed by atoms with van der Waals surface area (Å²) in [4.78, 5) is 40.3. The lowest BCUT2D eigenvalue weighted by Gasteiger charge is -2.30. The van der Waals surface area contributed by atoms with Crippen LogP contribution in [0.25, 0.3) is 0 Å². The van der Waals surface area contributed by atoms with Crippen LogP contribution >= 0.6 is 7.82 Å². The first kappa shape index (κ1) is 85.9.